The fourth-order valence-electron chi connectivity index (χ4n) is 1.63. The van der Waals surface area contributed by atoms with Crippen molar-refractivity contribution in [3.05, 3.63) is 29.3 Å². The molecule has 0 radical (unpaired) electrons. The standard InChI is InChI=1S/C12H16ClNO3/c1-9(8-17-2)14(7-12(15)16)11-5-3-4-10(13)6-11/h3-6,9H,7-8H2,1-2H3,(H,15,16). The number of anilines is 1. The van der Waals surface area contributed by atoms with Crippen LogP contribution < -0.4 is 4.90 Å². The van der Waals surface area contributed by atoms with Crippen LogP contribution in [-0.4, -0.2) is 37.4 Å². The van der Waals surface area contributed by atoms with Crippen molar-refractivity contribution in [1.29, 1.82) is 0 Å². The molecule has 0 bridgehead atoms. The molecule has 1 aromatic carbocycles. The van der Waals surface area contributed by atoms with E-state index in [2.05, 4.69) is 0 Å². The largest absolute Gasteiger partial charge is 0.480 e. The van der Waals surface area contributed by atoms with Crippen molar-refractivity contribution in [1.82, 2.24) is 0 Å². The van der Waals surface area contributed by atoms with Crippen LogP contribution in [0.25, 0.3) is 0 Å². The minimum Gasteiger partial charge on any atom is -0.480 e. The highest BCUT2D eigenvalue weighted by Crippen LogP contribution is 2.21. The van der Waals surface area contributed by atoms with Crippen LogP contribution in [0.4, 0.5) is 5.69 Å². The van der Waals surface area contributed by atoms with Crippen LogP contribution >= 0.6 is 11.6 Å². The lowest BCUT2D eigenvalue weighted by Crippen LogP contribution is -2.40. The maximum Gasteiger partial charge on any atom is 0.323 e. The van der Waals surface area contributed by atoms with Crippen LogP contribution in [0.5, 0.6) is 0 Å². The molecule has 0 saturated heterocycles. The molecule has 0 aliphatic carbocycles. The highest BCUT2D eigenvalue weighted by atomic mass is 35.5. The summed E-state index contributed by atoms with van der Waals surface area (Å²) in [6.45, 7) is 2.29. The first-order valence-electron chi connectivity index (χ1n) is 5.27. The highest BCUT2D eigenvalue weighted by Gasteiger charge is 2.17. The molecule has 0 heterocycles. The van der Waals surface area contributed by atoms with Gasteiger partial charge in [0.15, 0.2) is 0 Å². The number of aliphatic carboxylic acids is 1. The van der Waals surface area contributed by atoms with Crippen molar-refractivity contribution in [2.75, 3.05) is 25.2 Å². The van der Waals surface area contributed by atoms with E-state index >= 15 is 0 Å². The number of carboxylic acid groups (broad SMARTS) is 1. The minimum atomic E-state index is -0.882. The van der Waals surface area contributed by atoms with Gasteiger partial charge in [-0.15, -0.1) is 0 Å². The van der Waals surface area contributed by atoms with Gasteiger partial charge in [-0.25, -0.2) is 0 Å². The molecule has 1 unspecified atom stereocenters. The lowest BCUT2D eigenvalue weighted by molar-refractivity contribution is -0.135. The molecule has 1 N–H and O–H groups in total. The van der Waals surface area contributed by atoms with Gasteiger partial charge < -0.3 is 14.7 Å². The zero-order valence-electron chi connectivity index (χ0n) is 9.89. The number of methoxy groups -OCH3 is 1. The maximum absolute atomic E-state index is 10.9. The minimum absolute atomic E-state index is 0.0328. The van der Waals surface area contributed by atoms with Gasteiger partial charge in [-0.1, -0.05) is 17.7 Å². The molecule has 0 amide bonds. The second-order valence-corrected chi connectivity index (χ2v) is 4.24. The molecular formula is C12H16ClNO3. The lowest BCUT2D eigenvalue weighted by Gasteiger charge is -2.29. The quantitative estimate of drug-likeness (QED) is 0.849. The number of hydrogen-bond acceptors (Lipinski definition) is 3. The number of hydrogen-bond donors (Lipinski definition) is 1. The SMILES string of the molecule is COCC(C)N(CC(=O)O)c1cccc(Cl)c1. The van der Waals surface area contributed by atoms with Crippen LogP contribution in [0, 0.1) is 0 Å². The second kappa shape index (κ2) is 6.47. The monoisotopic (exact) mass is 257 g/mol. The summed E-state index contributed by atoms with van der Waals surface area (Å²) in [6.07, 6.45) is 0. The molecule has 0 aliphatic rings. The highest BCUT2D eigenvalue weighted by molar-refractivity contribution is 6.30. The third-order valence-electron chi connectivity index (χ3n) is 2.39. The fraction of sp³-hybridized carbons (Fsp3) is 0.417. The first-order chi connectivity index (χ1) is 8.04. The Hall–Kier alpha value is -1.26. The van der Waals surface area contributed by atoms with Gasteiger partial charge in [-0.05, 0) is 25.1 Å². The van der Waals surface area contributed by atoms with Crippen molar-refractivity contribution in [3.63, 3.8) is 0 Å². The Balaban J connectivity index is 2.92. The van der Waals surface area contributed by atoms with Crippen molar-refractivity contribution in [2.24, 2.45) is 0 Å². The summed E-state index contributed by atoms with van der Waals surface area (Å²) < 4.78 is 5.05. The van der Waals surface area contributed by atoms with E-state index in [0.29, 0.717) is 11.6 Å². The Morgan fingerprint density at radius 3 is 2.82 bits per heavy atom. The summed E-state index contributed by atoms with van der Waals surface area (Å²) in [4.78, 5) is 12.6. The molecule has 0 saturated carbocycles. The normalized spacial score (nSPS) is 12.2. The van der Waals surface area contributed by atoms with E-state index in [1.807, 2.05) is 13.0 Å². The van der Waals surface area contributed by atoms with Gasteiger partial charge in [0, 0.05) is 17.8 Å². The average Bonchev–Trinajstić information content (AvgIpc) is 2.26. The molecule has 17 heavy (non-hydrogen) atoms. The Morgan fingerprint density at radius 1 is 1.59 bits per heavy atom. The first kappa shape index (κ1) is 13.8. The smallest absolute Gasteiger partial charge is 0.323 e. The zero-order valence-corrected chi connectivity index (χ0v) is 10.6. The summed E-state index contributed by atoms with van der Waals surface area (Å²) in [5.74, 6) is -0.882. The third-order valence-corrected chi connectivity index (χ3v) is 2.62. The Bertz CT molecular complexity index is 384. The van der Waals surface area contributed by atoms with Crippen LogP contribution in [0.2, 0.25) is 5.02 Å². The molecule has 0 aliphatic heterocycles. The zero-order chi connectivity index (χ0) is 12.8. The van der Waals surface area contributed by atoms with E-state index in [9.17, 15) is 4.79 Å². The van der Waals surface area contributed by atoms with Crippen molar-refractivity contribution in [3.8, 4) is 0 Å². The number of rotatable bonds is 6. The van der Waals surface area contributed by atoms with Gasteiger partial charge in [-0.3, -0.25) is 4.79 Å². The molecular weight excluding hydrogens is 242 g/mol. The first-order valence-corrected chi connectivity index (χ1v) is 5.65. The third kappa shape index (κ3) is 4.24. The number of ether oxygens (including phenoxy) is 1. The summed E-state index contributed by atoms with van der Waals surface area (Å²) in [5, 5.41) is 9.50. The average molecular weight is 258 g/mol. The van der Waals surface area contributed by atoms with Crippen molar-refractivity contribution in [2.45, 2.75) is 13.0 Å². The predicted octanol–water partition coefficient (Wildman–Crippen LogP) is 2.27. The van der Waals surface area contributed by atoms with Crippen molar-refractivity contribution >= 4 is 23.3 Å². The molecule has 0 spiro atoms. The molecule has 4 nitrogen and oxygen atoms in total. The van der Waals surface area contributed by atoms with Gasteiger partial charge in [0.1, 0.15) is 6.54 Å². The predicted molar refractivity (Wildman–Crippen MR) is 67.8 cm³/mol. The molecule has 1 rings (SSSR count). The van der Waals surface area contributed by atoms with E-state index in [4.69, 9.17) is 21.4 Å². The molecule has 94 valence electrons. The number of carbonyl (C=O) groups is 1. The molecule has 5 heteroatoms. The molecule has 0 aromatic heterocycles. The second-order valence-electron chi connectivity index (χ2n) is 3.81. The molecule has 1 atom stereocenters. The lowest BCUT2D eigenvalue weighted by atomic mass is 10.2. The van der Waals surface area contributed by atoms with Crippen LogP contribution in [0.15, 0.2) is 24.3 Å². The van der Waals surface area contributed by atoms with Gasteiger partial charge >= 0.3 is 5.97 Å². The molecule has 1 aromatic rings. The van der Waals surface area contributed by atoms with Gasteiger partial charge in [0.25, 0.3) is 0 Å². The Kier molecular flexibility index (Phi) is 5.25. The summed E-state index contributed by atoms with van der Waals surface area (Å²) in [6, 6.07) is 7.10. The number of carboxylic acids is 1. The summed E-state index contributed by atoms with van der Waals surface area (Å²) in [5.41, 5.74) is 0.782. The topological polar surface area (TPSA) is 49.8 Å². The van der Waals surface area contributed by atoms with Crippen molar-refractivity contribution < 1.29 is 14.6 Å². The fourth-order valence-corrected chi connectivity index (χ4v) is 1.82. The Labute approximate surface area is 106 Å². The van der Waals surface area contributed by atoms with Crippen LogP contribution in [0.1, 0.15) is 6.92 Å². The summed E-state index contributed by atoms with van der Waals surface area (Å²) in [7, 11) is 1.59. The van der Waals surface area contributed by atoms with E-state index in [-0.39, 0.29) is 12.6 Å². The van der Waals surface area contributed by atoms with Gasteiger partial charge in [-0.2, -0.15) is 0 Å². The van der Waals surface area contributed by atoms with E-state index < -0.39 is 5.97 Å². The number of nitrogens with zero attached hydrogens (tertiary/aromatic N) is 1. The van der Waals surface area contributed by atoms with Gasteiger partial charge in [0.2, 0.25) is 0 Å². The van der Waals surface area contributed by atoms with E-state index in [0.717, 1.165) is 5.69 Å². The van der Waals surface area contributed by atoms with E-state index in [1.54, 1.807) is 30.2 Å². The maximum atomic E-state index is 10.9. The van der Waals surface area contributed by atoms with Crippen LogP contribution in [0.3, 0.4) is 0 Å². The molecule has 0 fully saturated rings. The van der Waals surface area contributed by atoms with Gasteiger partial charge in [0.05, 0.1) is 12.6 Å². The van der Waals surface area contributed by atoms with Crippen LogP contribution in [-0.2, 0) is 9.53 Å². The summed E-state index contributed by atoms with van der Waals surface area (Å²) >= 11 is 5.90. The van der Waals surface area contributed by atoms with E-state index in [1.165, 1.54) is 0 Å². The number of benzene rings is 1. The number of halogens is 1. The Morgan fingerprint density at radius 2 is 2.29 bits per heavy atom.